The molecule has 0 amide bonds. The molecule has 2 rings (SSSR count). The van der Waals surface area contributed by atoms with Gasteiger partial charge in [-0.05, 0) is 60.2 Å². The van der Waals surface area contributed by atoms with E-state index >= 15 is 0 Å². The van der Waals surface area contributed by atoms with Crippen molar-refractivity contribution in [3.8, 4) is 0 Å². The van der Waals surface area contributed by atoms with Gasteiger partial charge in [-0.1, -0.05) is 19.8 Å². The summed E-state index contributed by atoms with van der Waals surface area (Å²) in [4.78, 5) is 0. The van der Waals surface area contributed by atoms with Gasteiger partial charge in [0.2, 0.25) is 0 Å². The van der Waals surface area contributed by atoms with E-state index in [0.717, 1.165) is 16.3 Å². The van der Waals surface area contributed by atoms with E-state index in [0.29, 0.717) is 12.1 Å². The van der Waals surface area contributed by atoms with Crippen LogP contribution in [0.4, 0.5) is 0 Å². The normalized spacial score (nSPS) is 27.7. The van der Waals surface area contributed by atoms with Crippen LogP contribution in [-0.2, 0) is 0 Å². The van der Waals surface area contributed by atoms with Crippen LogP contribution in [0.3, 0.4) is 0 Å². The van der Waals surface area contributed by atoms with Crippen LogP contribution in [0.15, 0.2) is 21.2 Å². The first kappa shape index (κ1) is 13.2. The summed E-state index contributed by atoms with van der Waals surface area (Å²) in [6.07, 6.45) is 6.70. The van der Waals surface area contributed by atoms with Crippen molar-refractivity contribution in [1.82, 2.24) is 5.32 Å². The Labute approximate surface area is 112 Å². The molecule has 0 radical (unpaired) electrons. The standard InChI is InChI=1S/C14H22BrNO/c1-10-4-3-5-12(7-6-10)16-11(2)13-8-9-14(15)17-13/h8-12,16H,3-7H2,1-2H3. The summed E-state index contributed by atoms with van der Waals surface area (Å²) < 4.78 is 6.41. The lowest BCUT2D eigenvalue weighted by Crippen LogP contribution is -2.30. The summed E-state index contributed by atoms with van der Waals surface area (Å²) in [7, 11) is 0. The fraction of sp³-hybridized carbons (Fsp3) is 0.714. The molecule has 1 aliphatic carbocycles. The smallest absolute Gasteiger partial charge is 0.169 e. The van der Waals surface area contributed by atoms with E-state index in [-0.39, 0.29) is 0 Å². The van der Waals surface area contributed by atoms with Gasteiger partial charge in [0.25, 0.3) is 0 Å². The molecule has 1 N–H and O–H groups in total. The lowest BCUT2D eigenvalue weighted by molar-refractivity contribution is 0.359. The molecule has 0 spiro atoms. The van der Waals surface area contributed by atoms with Crippen molar-refractivity contribution in [3.63, 3.8) is 0 Å². The summed E-state index contributed by atoms with van der Waals surface area (Å²) in [6.45, 7) is 4.55. The molecule has 1 heterocycles. The molecule has 1 aromatic heterocycles. The zero-order valence-electron chi connectivity index (χ0n) is 10.7. The Morgan fingerprint density at radius 2 is 2.12 bits per heavy atom. The van der Waals surface area contributed by atoms with Crippen LogP contribution in [0.25, 0.3) is 0 Å². The van der Waals surface area contributed by atoms with E-state index in [2.05, 4.69) is 35.1 Å². The third-order valence-corrected chi connectivity index (χ3v) is 4.19. The third-order valence-electron chi connectivity index (χ3n) is 3.76. The predicted octanol–water partition coefficient (Wildman–Crippen LogP) is 4.66. The van der Waals surface area contributed by atoms with Crippen LogP contribution in [0, 0.1) is 5.92 Å². The fourth-order valence-electron chi connectivity index (χ4n) is 2.65. The molecule has 2 nitrogen and oxygen atoms in total. The molecule has 0 saturated heterocycles. The molecule has 3 unspecified atom stereocenters. The molecule has 17 heavy (non-hydrogen) atoms. The lowest BCUT2D eigenvalue weighted by Gasteiger charge is -2.20. The molecule has 0 aromatic carbocycles. The summed E-state index contributed by atoms with van der Waals surface area (Å²) in [5.41, 5.74) is 0. The molecule has 0 aliphatic heterocycles. The SMILES string of the molecule is CC1CCCC(NC(C)c2ccc(Br)o2)CC1. The molecular weight excluding hydrogens is 278 g/mol. The van der Waals surface area contributed by atoms with E-state index in [4.69, 9.17) is 4.42 Å². The summed E-state index contributed by atoms with van der Waals surface area (Å²) >= 11 is 3.35. The van der Waals surface area contributed by atoms with Gasteiger partial charge >= 0.3 is 0 Å². The van der Waals surface area contributed by atoms with E-state index in [1.54, 1.807) is 0 Å². The second kappa shape index (κ2) is 6.05. The van der Waals surface area contributed by atoms with Gasteiger partial charge in [0.05, 0.1) is 6.04 Å². The minimum absolute atomic E-state index is 0.305. The van der Waals surface area contributed by atoms with Crippen molar-refractivity contribution in [2.45, 2.75) is 58.0 Å². The van der Waals surface area contributed by atoms with Gasteiger partial charge < -0.3 is 9.73 Å². The zero-order valence-corrected chi connectivity index (χ0v) is 12.3. The number of hydrogen-bond acceptors (Lipinski definition) is 2. The van der Waals surface area contributed by atoms with Gasteiger partial charge in [0.1, 0.15) is 5.76 Å². The number of rotatable bonds is 3. The van der Waals surface area contributed by atoms with Gasteiger partial charge in [0, 0.05) is 6.04 Å². The summed E-state index contributed by atoms with van der Waals surface area (Å²) in [6, 6.07) is 4.96. The van der Waals surface area contributed by atoms with Crippen LogP contribution in [-0.4, -0.2) is 6.04 Å². The molecule has 1 fully saturated rings. The van der Waals surface area contributed by atoms with Crippen LogP contribution >= 0.6 is 15.9 Å². The number of halogens is 1. The Hall–Kier alpha value is -0.280. The van der Waals surface area contributed by atoms with E-state index < -0.39 is 0 Å². The Kier molecular flexibility index (Phi) is 4.69. The second-order valence-electron chi connectivity index (χ2n) is 5.34. The van der Waals surface area contributed by atoms with Gasteiger partial charge in [-0.2, -0.15) is 0 Å². The quantitative estimate of drug-likeness (QED) is 0.821. The maximum absolute atomic E-state index is 5.59. The molecule has 1 aromatic rings. The lowest BCUT2D eigenvalue weighted by atomic mass is 10.0. The first-order chi connectivity index (χ1) is 8.15. The fourth-order valence-corrected chi connectivity index (χ4v) is 2.97. The molecule has 3 atom stereocenters. The number of furan rings is 1. The summed E-state index contributed by atoms with van der Waals surface area (Å²) in [5, 5.41) is 3.69. The largest absolute Gasteiger partial charge is 0.453 e. The monoisotopic (exact) mass is 299 g/mol. The van der Waals surface area contributed by atoms with Crippen LogP contribution in [0.2, 0.25) is 0 Å². The van der Waals surface area contributed by atoms with Gasteiger partial charge in [-0.3, -0.25) is 0 Å². The van der Waals surface area contributed by atoms with Gasteiger partial charge in [-0.15, -0.1) is 0 Å². The predicted molar refractivity (Wildman–Crippen MR) is 74.0 cm³/mol. The Morgan fingerprint density at radius 3 is 2.82 bits per heavy atom. The highest BCUT2D eigenvalue weighted by Gasteiger charge is 2.19. The van der Waals surface area contributed by atoms with Gasteiger partial charge in [0.15, 0.2) is 4.67 Å². The highest BCUT2D eigenvalue weighted by atomic mass is 79.9. The first-order valence-electron chi connectivity index (χ1n) is 6.66. The maximum atomic E-state index is 5.59. The maximum Gasteiger partial charge on any atom is 0.169 e. The Morgan fingerprint density at radius 1 is 1.29 bits per heavy atom. The van der Waals surface area contributed by atoms with Crippen molar-refractivity contribution < 1.29 is 4.42 Å². The third kappa shape index (κ3) is 3.85. The van der Waals surface area contributed by atoms with Gasteiger partial charge in [-0.25, -0.2) is 0 Å². The molecular formula is C14H22BrNO. The van der Waals surface area contributed by atoms with E-state index in [1.165, 1.54) is 32.1 Å². The van der Waals surface area contributed by atoms with Crippen molar-refractivity contribution in [3.05, 3.63) is 22.6 Å². The van der Waals surface area contributed by atoms with Crippen LogP contribution < -0.4 is 5.32 Å². The Balaban J connectivity index is 1.87. The topological polar surface area (TPSA) is 25.2 Å². The summed E-state index contributed by atoms with van der Waals surface area (Å²) in [5.74, 6) is 1.92. The molecule has 1 aliphatic rings. The minimum atomic E-state index is 0.305. The number of hydrogen-bond donors (Lipinski definition) is 1. The minimum Gasteiger partial charge on any atom is -0.453 e. The van der Waals surface area contributed by atoms with Crippen molar-refractivity contribution >= 4 is 15.9 Å². The highest BCUT2D eigenvalue weighted by Crippen LogP contribution is 2.26. The Bertz CT molecular complexity index is 350. The average Bonchev–Trinajstić information content (AvgIpc) is 2.62. The molecule has 3 heteroatoms. The van der Waals surface area contributed by atoms with E-state index in [9.17, 15) is 0 Å². The van der Waals surface area contributed by atoms with E-state index in [1.807, 2.05) is 12.1 Å². The zero-order chi connectivity index (χ0) is 12.3. The molecule has 96 valence electrons. The van der Waals surface area contributed by atoms with Crippen molar-refractivity contribution in [2.75, 3.05) is 0 Å². The number of nitrogens with one attached hydrogen (secondary N) is 1. The molecule has 1 saturated carbocycles. The van der Waals surface area contributed by atoms with Crippen molar-refractivity contribution in [1.29, 1.82) is 0 Å². The first-order valence-corrected chi connectivity index (χ1v) is 7.45. The second-order valence-corrected chi connectivity index (χ2v) is 6.12. The van der Waals surface area contributed by atoms with Crippen LogP contribution in [0.1, 0.15) is 57.8 Å². The van der Waals surface area contributed by atoms with Crippen LogP contribution in [0.5, 0.6) is 0 Å². The van der Waals surface area contributed by atoms with Crippen molar-refractivity contribution in [2.24, 2.45) is 5.92 Å². The highest BCUT2D eigenvalue weighted by molar-refractivity contribution is 9.10. The molecule has 0 bridgehead atoms. The average molecular weight is 300 g/mol.